The molecule has 0 aliphatic carbocycles. The van der Waals surface area contributed by atoms with Crippen LogP contribution in [0.1, 0.15) is 22.8 Å². The summed E-state index contributed by atoms with van der Waals surface area (Å²) >= 11 is 0. The van der Waals surface area contributed by atoms with E-state index in [-0.39, 0.29) is 54.3 Å². The van der Waals surface area contributed by atoms with Gasteiger partial charge in [-0.05, 0) is 72.8 Å². The van der Waals surface area contributed by atoms with E-state index in [0.29, 0.717) is 0 Å². The molecule has 0 radical (unpaired) electrons. The molecular weight excluding hydrogens is 458 g/mol. The normalized spacial score (nSPS) is 10.9. The molecule has 0 saturated heterocycles. The van der Waals surface area contributed by atoms with Crippen molar-refractivity contribution in [2.45, 2.75) is 0 Å². The molecule has 4 nitrogen and oxygen atoms in total. The van der Waals surface area contributed by atoms with Crippen LogP contribution in [0.3, 0.4) is 0 Å². The van der Waals surface area contributed by atoms with Crippen LogP contribution in [0, 0.1) is 0 Å². The molecule has 0 aromatic carbocycles. The monoisotopic (exact) mass is 470 g/mol. The van der Waals surface area contributed by atoms with Crippen LogP contribution < -0.4 is 37.2 Å². The number of halogens is 3. The SMILES string of the molecule is C1=Cc2cc3ccc(cc4ccc(cc5nc(cc1n2)C=C5)[nH]4)[nH]3.[Cl-].[Cl-].[Cl-].[Mn+3]. The van der Waals surface area contributed by atoms with Gasteiger partial charge in [0.05, 0.1) is 22.8 Å². The van der Waals surface area contributed by atoms with Gasteiger partial charge in [0.1, 0.15) is 0 Å². The number of rotatable bonds is 0. The maximum absolute atomic E-state index is 4.62. The van der Waals surface area contributed by atoms with E-state index in [1.54, 1.807) is 0 Å². The Morgan fingerprint density at radius 2 is 0.786 bits per heavy atom. The van der Waals surface area contributed by atoms with Gasteiger partial charge in [-0.1, -0.05) is 0 Å². The van der Waals surface area contributed by atoms with Gasteiger partial charge in [0, 0.05) is 22.1 Å². The first kappa shape index (κ1) is 24.0. The van der Waals surface area contributed by atoms with E-state index in [1.807, 2.05) is 42.5 Å². The molecule has 0 atom stereocenters. The van der Waals surface area contributed by atoms with E-state index in [9.17, 15) is 0 Å². The summed E-state index contributed by atoms with van der Waals surface area (Å²) in [6.07, 6.45) is 8.05. The zero-order valence-electron chi connectivity index (χ0n) is 14.3. The topological polar surface area (TPSA) is 57.4 Å². The summed E-state index contributed by atoms with van der Waals surface area (Å²) in [6, 6.07) is 16.4. The molecule has 0 saturated carbocycles. The van der Waals surface area contributed by atoms with Crippen molar-refractivity contribution in [2.24, 2.45) is 0 Å². The molecule has 2 aliphatic heterocycles. The average molecular weight is 472 g/mol. The number of hydrogen-bond acceptors (Lipinski definition) is 2. The summed E-state index contributed by atoms with van der Waals surface area (Å²) in [5, 5.41) is 0. The van der Waals surface area contributed by atoms with E-state index in [2.05, 4.69) is 50.3 Å². The van der Waals surface area contributed by atoms with Gasteiger partial charge in [0.25, 0.3) is 0 Å². The van der Waals surface area contributed by atoms with Crippen LogP contribution in [-0.4, -0.2) is 19.9 Å². The van der Waals surface area contributed by atoms with Crippen molar-refractivity contribution in [3.8, 4) is 0 Å². The van der Waals surface area contributed by atoms with Crippen molar-refractivity contribution in [3.63, 3.8) is 0 Å². The predicted octanol–water partition coefficient (Wildman–Crippen LogP) is -4.33. The van der Waals surface area contributed by atoms with Gasteiger partial charge in [0.2, 0.25) is 0 Å². The molecule has 5 heterocycles. The zero-order chi connectivity index (χ0) is 15.9. The molecule has 0 amide bonds. The summed E-state index contributed by atoms with van der Waals surface area (Å²) in [7, 11) is 0. The first-order valence-corrected chi connectivity index (χ1v) is 7.85. The van der Waals surface area contributed by atoms with Gasteiger partial charge in [-0.3, -0.25) is 0 Å². The fourth-order valence-electron chi connectivity index (χ4n) is 2.94. The van der Waals surface area contributed by atoms with Crippen molar-refractivity contribution in [1.82, 2.24) is 19.9 Å². The molecule has 8 bridgehead atoms. The van der Waals surface area contributed by atoms with E-state index in [4.69, 9.17) is 0 Å². The number of H-pyrrole nitrogens is 2. The molecule has 3 aromatic heterocycles. The zero-order valence-corrected chi connectivity index (χ0v) is 17.8. The van der Waals surface area contributed by atoms with Crippen LogP contribution >= 0.6 is 0 Å². The molecule has 0 spiro atoms. The Morgan fingerprint density at radius 3 is 1.18 bits per heavy atom. The van der Waals surface area contributed by atoms with Gasteiger partial charge >= 0.3 is 17.1 Å². The number of nitrogens with one attached hydrogen (secondary N) is 2. The van der Waals surface area contributed by atoms with Crippen molar-refractivity contribution in [2.75, 3.05) is 0 Å². The first-order valence-electron chi connectivity index (χ1n) is 7.85. The molecule has 8 heteroatoms. The fourth-order valence-corrected chi connectivity index (χ4v) is 2.94. The van der Waals surface area contributed by atoms with Crippen LogP contribution in [0.5, 0.6) is 0 Å². The Kier molecular flexibility index (Phi) is 8.55. The molecule has 2 N–H and O–H groups in total. The molecule has 3 aromatic rings. The third-order valence-electron chi connectivity index (χ3n) is 4.04. The van der Waals surface area contributed by atoms with Crippen LogP contribution in [0.4, 0.5) is 0 Å². The smallest absolute Gasteiger partial charge is 1.00 e. The van der Waals surface area contributed by atoms with Crippen molar-refractivity contribution in [3.05, 3.63) is 71.3 Å². The van der Waals surface area contributed by atoms with Crippen molar-refractivity contribution in [1.29, 1.82) is 0 Å². The number of fused-ring (bicyclic) bond motifs is 8. The van der Waals surface area contributed by atoms with Gasteiger partial charge in [-0.15, -0.1) is 0 Å². The van der Waals surface area contributed by atoms with Crippen LogP contribution in [-0.2, 0) is 17.1 Å². The van der Waals surface area contributed by atoms with Crippen LogP contribution in [0.15, 0.2) is 48.5 Å². The Hall–Kier alpha value is -2.01. The van der Waals surface area contributed by atoms with Crippen molar-refractivity contribution >= 4 is 46.4 Å². The molecule has 0 unspecified atom stereocenters. The Balaban J connectivity index is 0.000000980. The van der Waals surface area contributed by atoms with E-state index in [0.717, 1.165) is 44.8 Å². The molecular formula is C20H14Cl3MnN4. The van der Waals surface area contributed by atoms with Gasteiger partial charge in [-0.25, -0.2) is 9.97 Å². The van der Waals surface area contributed by atoms with Crippen molar-refractivity contribution < 1.29 is 54.3 Å². The molecule has 142 valence electrons. The van der Waals surface area contributed by atoms with E-state index < -0.39 is 0 Å². The first-order chi connectivity index (χ1) is 11.8. The number of aromatic amines is 2. The third-order valence-corrected chi connectivity index (χ3v) is 4.04. The quantitative estimate of drug-likeness (QED) is 0.225. The molecule has 28 heavy (non-hydrogen) atoms. The summed E-state index contributed by atoms with van der Waals surface area (Å²) in [5.41, 5.74) is 7.86. The third kappa shape index (κ3) is 5.07. The maximum atomic E-state index is 4.62. The Morgan fingerprint density at radius 1 is 0.464 bits per heavy atom. The van der Waals surface area contributed by atoms with Crippen LogP contribution in [0.2, 0.25) is 0 Å². The molecule has 5 rings (SSSR count). The minimum atomic E-state index is 0. The second-order valence-corrected chi connectivity index (χ2v) is 5.91. The van der Waals surface area contributed by atoms with E-state index >= 15 is 0 Å². The Labute approximate surface area is 191 Å². The second kappa shape index (κ2) is 9.96. The summed E-state index contributed by atoms with van der Waals surface area (Å²) in [6.45, 7) is 0. The predicted molar refractivity (Wildman–Crippen MR) is 98.9 cm³/mol. The Bertz CT molecular complexity index is 1090. The number of aromatic nitrogens is 4. The maximum Gasteiger partial charge on any atom is 3.00 e. The summed E-state index contributed by atoms with van der Waals surface area (Å²) < 4.78 is 0. The second-order valence-electron chi connectivity index (χ2n) is 5.91. The summed E-state index contributed by atoms with van der Waals surface area (Å²) in [5.74, 6) is 0. The van der Waals surface area contributed by atoms with Gasteiger partial charge in [0.15, 0.2) is 0 Å². The van der Waals surface area contributed by atoms with Gasteiger partial charge in [-0.2, -0.15) is 0 Å². The molecule has 0 fully saturated rings. The number of hydrogen-bond donors (Lipinski definition) is 2. The van der Waals surface area contributed by atoms with E-state index in [1.165, 1.54) is 0 Å². The number of nitrogens with zero attached hydrogens (tertiary/aromatic N) is 2. The van der Waals surface area contributed by atoms with Crippen LogP contribution in [0.25, 0.3) is 46.4 Å². The minimum absolute atomic E-state index is 0. The van der Waals surface area contributed by atoms with Gasteiger partial charge < -0.3 is 47.2 Å². The average Bonchev–Trinajstić information content (AvgIpc) is 3.32. The minimum Gasteiger partial charge on any atom is -1.00 e. The molecule has 2 aliphatic rings. The summed E-state index contributed by atoms with van der Waals surface area (Å²) in [4.78, 5) is 16.0. The fraction of sp³-hybridized carbons (Fsp3) is 0. The largest absolute Gasteiger partial charge is 3.00 e. The standard InChI is InChI=1S/C20H14N4.3ClH.Mn/c1-2-14-10-16-5-6-18(23-16)12-20-8-7-19(24-20)11-17-4-3-15(22-17)9-13(1)21-14;;;;/h1-12,21-22H;3*1H;/q;;;;+3/p-3.